The molecule has 0 amide bonds. The van der Waals surface area contributed by atoms with Crippen molar-refractivity contribution in [3.05, 3.63) is 59.9 Å². The predicted octanol–water partition coefficient (Wildman–Crippen LogP) is 1.56. The Bertz CT molecular complexity index is 1050. The molecule has 29 heavy (non-hydrogen) atoms. The highest BCUT2D eigenvalue weighted by Gasteiger charge is 2.28. The summed E-state index contributed by atoms with van der Waals surface area (Å²) in [5, 5.41) is 0. The maximum absolute atomic E-state index is 13.9. The summed E-state index contributed by atoms with van der Waals surface area (Å²) >= 11 is 0. The second kappa shape index (κ2) is 8.78. The lowest BCUT2D eigenvalue weighted by atomic mass is 10.2. The zero-order chi connectivity index (χ0) is 21.1. The first-order chi connectivity index (χ1) is 13.7. The minimum atomic E-state index is -3.76. The van der Waals surface area contributed by atoms with Crippen LogP contribution in [0.1, 0.15) is 5.56 Å². The van der Waals surface area contributed by atoms with Crippen molar-refractivity contribution in [3.8, 4) is 0 Å². The molecule has 0 spiro atoms. The van der Waals surface area contributed by atoms with Gasteiger partial charge in [-0.15, -0.1) is 0 Å². The van der Waals surface area contributed by atoms with Crippen LogP contribution in [0, 0.1) is 12.7 Å². The Morgan fingerprint density at radius 3 is 2.17 bits per heavy atom. The van der Waals surface area contributed by atoms with Crippen molar-refractivity contribution < 1.29 is 21.2 Å². The van der Waals surface area contributed by atoms with Gasteiger partial charge in [0.1, 0.15) is 5.82 Å². The SMILES string of the molecule is Cc1ccc(S(=O)(=O)NCCS(=O)(=O)N2CCN(c3ccccc3F)CC2)cc1. The van der Waals surface area contributed by atoms with Crippen molar-refractivity contribution in [1.82, 2.24) is 9.03 Å². The van der Waals surface area contributed by atoms with Crippen molar-refractivity contribution in [2.45, 2.75) is 11.8 Å². The number of nitrogens with one attached hydrogen (secondary N) is 1. The molecule has 1 aliphatic rings. The highest BCUT2D eigenvalue weighted by Crippen LogP contribution is 2.21. The minimum absolute atomic E-state index is 0.0963. The van der Waals surface area contributed by atoms with Crippen LogP contribution in [0.2, 0.25) is 0 Å². The van der Waals surface area contributed by atoms with Gasteiger partial charge in [0.15, 0.2) is 0 Å². The van der Waals surface area contributed by atoms with Crippen LogP contribution in [-0.4, -0.2) is 59.6 Å². The van der Waals surface area contributed by atoms with Crippen LogP contribution in [0.4, 0.5) is 10.1 Å². The molecule has 0 bridgehead atoms. The molecule has 0 aromatic heterocycles. The molecule has 0 atom stereocenters. The Morgan fingerprint density at radius 2 is 1.55 bits per heavy atom. The molecule has 3 rings (SSSR count). The molecule has 1 fully saturated rings. The van der Waals surface area contributed by atoms with Gasteiger partial charge in [0.2, 0.25) is 20.0 Å². The largest absolute Gasteiger partial charge is 0.367 e. The van der Waals surface area contributed by atoms with Crippen molar-refractivity contribution in [3.63, 3.8) is 0 Å². The van der Waals surface area contributed by atoms with Crippen molar-refractivity contribution in [2.24, 2.45) is 0 Å². The van der Waals surface area contributed by atoms with E-state index < -0.39 is 20.0 Å². The van der Waals surface area contributed by atoms with Gasteiger partial charge < -0.3 is 4.90 Å². The molecule has 158 valence electrons. The van der Waals surface area contributed by atoms with E-state index in [0.717, 1.165) is 5.56 Å². The standard InChI is InChI=1S/C19H24FN3O4S2/c1-16-6-8-17(9-7-16)29(26,27)21-10-15-28(24,25)23-13-11-22(12-14-23)19-5-3-2-4-18(19)20/h2-9,21H,10-15H2,1H3. The number of piperazine rings is 1. The molecular formula is C19H24FN3O4S2. The van der Waals surface area contributed by atoms with E-state index in [9.17, 15) is 21.2 Å². The van der Waals surface area contributed by atoms with Gasteiger partial charge >= 0.3 is 0 Å². The minimum Gasteiger partial charge on any atom is -0.367 e. The summed E-state index contributed by atoms with van der Waals surface area (Å²) in [4.78, 5) is 1.90. The van der Waals surface area contributed by atoms with Gasteiger partial charge in [-0.2, -0.15) is 4.31 Å². The normalized spacial score (nSPS) is 16.1. The van der Waals surface area contributed by atoms with E-state index in [1.165, 1.54) is 22.5 Å². The van der Waals surface area contributed by atoms with E-state index in [1.54, 1.807) is 35.2 Å². The Balaban J connectivity index is 1.54. The number of anilines is 1. The topological polar surface area (TPSA) is 86.8 Å². The first-order valence-corrected chi connectivity index (χ1v) is 12.3. The van der Waals surface area contributed by atoms with Crippen LogP contribution in [0.3, 0.4) is 0 Å². The highest BCUT2D eigenvalue weighted by atomic mass is 32.2. The summed E-state index contributed by atoms with van der Waals surface area (Å²) in [5.41, 5.74) is 1.39. The first kappa shape index (κ1) is 21.7. The molecule has 2 aromatic rings. The van der Waals surface area contributed by atoms with Gasteiger partial charge in [0.05, 0.1) is 16.3 Å². The Kier molecular flexibility index (Phi) is 6.57. The van der Waals surface area contributed by atoms with Crippen LogP contribution in [-0.2, 0) is 20.0 Å². The molecule has 1 aliphatic heterocycles. The molecular weight excluding hydrogens is 417 g/mol. The molecule has 0 unspecified atom stereocenters. The van der Waals surface area contributed by atoms with E-state index in [1.807, 2.05) is 6.92 Å². The zero-order valence-corrected chi connectivity index (χ0v) is 17.7. The van der Waals surface area contributed by atoms with E-state index in [4.69, 9.17) is 0 Å². The number of halogens is 1. The fourth-order valence-corrected chi connectivity index (χ4v) is 5.65. The average molecular weight is 442 g/mol. The van der Waals surface area contributed by atoms with Gasteiger partial charge in [0, 0.05) is 32.7 Å². The smallest absolute Gasteiger partial charge is 0.240 e. The molecule has 2 aromatic carbocycles. The second-order valence-corrected chi connectivity index (χ2v) is 10.7. The number of nitrogens with zero attached hydrogens (tertiary/aromatic N) is 2. The number of hydrogen-bond acceptors (Lipinski definition) is 5. The third-order valence-corrected chi connectivity index (χ3v) is 8.16. The van der Waals surface area contributed by atoms with Gasteiger partial charge in [-0.1, -0.05) is 29.8 Å². The van der Waals surface area contributed by atoms with Crippen LogP contribution in [0.25, 0.3) is 0 Å². The molecule has 0 saturated carbocycles. The summed E-state index contributed by atoms with van der Waals surface area (Å²) in [5.74, 6) is -0.674. The summed E-state index contributed by atoms with van der Waals surface area (Å²) < 4.78 is 67.2. The zero-order valence-electron chi connectivity index (χ0n) is 16.1. The lowest BCUT2D eigenvalue weighted by Gasteiger charge is -2.35. The Morgan fingerprint density at radius 1 is 0.931 bits per heavy atom. The maximum atomic E-state index is 13.9. The molecule has 1 N–H and O–H groups in total. The lowest BCUT2D eigenvalue weighted by molar-refractivity contribution is 0.383. The second-order valence-electron chi connectivity index (χ2n) is 6.86. The monoisotopic (exact) mass is 441 g/mol. The number of hydrogen-bond donors (Lipinski definition) is 1. The molecule has 1 heterocycles. The van der Waals surface area contributed by atoms with Crippen LogP contribution >= 0.6 is 0 Å². The highest BCUT2D eigenvalue weighted by molar-refractivity contribution is 7.90. The van der Waals surface area contributed by atoms with Crippen molar-refractivity contribution >= 4 is 25.7 Å². The van der Waals surface area contributed by atoms with Crippen molar-refractivity contribution in [1.29, 1.82) is 0 Å². The van der Waals surface area contributed by atoms with E-state index in [2.05, 4.69) is 4.72 Å². The van der Waals surface area contributed by atoms with Crippen LogP contribution in [0.5, 0.6) is 0 Å². The molecule has 1 saturated heterocycles. The summed E-state index contributed by atoms with van der Waals surface area (Å²) in [6, 6.07) is 12.7. The van der Waals surface area contributed by atoms with Gasteiger partial charge in [-0.3, -0.25) is 0 Å². The maximum Gasteiger partial charge on any atom is 0.240 e. The molecule has 10 heteroatoms. The first-order valence-electron chi connectivity index (χ1n) is 9.23. The Labute approximate surface area is 171 Å². The molecule has 7 nitrogen and oxygen atoms in total. The average Bonchev–Trinajstić information content (AvgIpc) is 2.68. The molecule has 0 aliphatic carbocycles. The fraction of sp³-hybridized carbons (Fsp3) is 0.368. The van der Waals surface area contributed by atoms with Gasteiger partial charge in [-0.05, 0) is 31.2 Å². The lowest BCUT2D eigenvalue weighted by Crippen LogP contribution is -2.50. The van der Waals surface area contributed by atoms with E-state index in [0.29, 0.717) is 18.8 Å². The fourth-order valence-electron chi connectivity index (χ4n) is 3.15. The number of sulfonamides is 2. The number of aryl methyl sites for hydroxylation is 1. The quantitative estimate of drug-likeness (QED) is 0.705. The third-order valence-electron chi connectivity index (χ3n) is 4.81. The summed E-state index contributed by atoms with van der Waals surface area (Å²) in [6.45, 7) is 2.82. The number of benzene rings is 2. The van der Waals surface area contributed by atoms with E-state index >= 15 is 0 Å². The summed E-state index contributed by atoms with van der Waals surface area (Å²) in [6.07, 6.45) is 0. The Hall–Kier alpha value is -2.01. The third kappa shape index (κ3) is 5.33. The van der Waals surface area contributed by atoms with Crippen molar-refractivity contribution in [2.75, 3.05) is 43.4 Å². The van der Waals surface area contributed by atoms with Gasteiger partial charge in [-0.25, -0.2) is 25.9 Å². The predicted molar refractivity (Wildman–Crippen MR) is 110 cm³/mol. The van der Waals surface area contributed by atoms with Gasteiger partial charge in [0.25, 0.3) is 0 Å². The van der Waals surface area contributed by atoms with Crippen LogP contribution in [0.15, 0.2) is 53.4 Å². The summed E-state index contributed by atoms with van der Waals surface area (Å²) in [7, 11) is -7.39. The molecule has 0 radical (unpaired) electrons. The number of rotatable bonds is 7. The van der Waals surface area contributed by atoms with E-state index in [-0.39, 0.29) is 36.1 Å². The number of para-hydroxylation sites is 1. The van der Waals surface area contributed by atoms with Crippen LogP contribution < -0.4 is 9.62 Å².